The van der Waals surface area contributed by atoms with E-state index in [4.69, 9.17) is 0 Å². The summed E-state index contributed by atoms with van der Waals surface area (Å²) in [7, 11) is 3.87. The van der Waals surface area contributed by atoms with Gasteiger partial charge in [-0.1, -0.05) is 19.1 Å². The third-order valence-electron chi connectivity index (χ3n) is 4.56. The summed E-state index contributed by atoms with van der Waals surface area (Å²) in [4.78, 5) is 13.8. The Morgan fingerprint density at radius 3 is 2.57 bits per heavy atom. The molecule has 1 aliphatic heterocycles. The molecule has 2 rings (SSSR count). The lowest BCUT2D eigenvalue weighted by atomic mass is 9.89. The van der Waals surface area contributed by atoms with Crippen LogP contribution < -0.4 is 10.6 Å². The second kappa shape index (κ2) is 6.94. The van der Waals surface area contributed by atoms with Gasteiger partial charge in [-0.2, -0.15) is 0 Å². The van der Waals surface area contributed by atoms with E-state index in [1.165, 1.54) is 0 Å². The highest BCUT2D eigenvalue weighted by Crippen LogP contribution is 2.24. The molecular formula is C17H27N3O. The van der Waals surface area contributed by atoms with Gasteiger partial charge in [0.2, 0.25) is 5.91 Å². The van der Waals surface area contributed by atoms with E-state index in [0.29, 0.717) is 24.4 Å². The van der Waals surface area contributed by atoms with Gasteiger partial charge in [-0.15, -0.1) is 0 Å². The molecular weight excluding hydrogens is 262 g/mol. The van der Waals surface area contributed by atoms with Crippen molar-refractivity contribution in [1.29, 1.82) is 0 Å². The molecule has 0 spiro atoms. The molecule has 4 nitrogen and oxygen atoms in total. The van der Waals surface area contributed by atoms with Crippen LogP contribution in [0.5, 0.6) is 0 Å². The van der Waals surface area contributed by atoms with Crippen molar-refractivity contribution in [1.82, 2.24) is 10.2 Å². The molecule has 1 heterocycles. The largest absolute Gasteiger partial charge is 0.382 e. The van der Waals surface area contributed by atoms with Gasteiger partial charge in [-0.3, -0.25) is 4.79 Å². The fourth-order valence-corrected chi connectivity index (χ4v) is 2.95. The number of rotatable bonds is 4. The first-order chi connectivity index (χ1) is 9.99. The molecule has 0 radical (unpaired) electrons. The molecule has 21 heavy (non-hydrogen) atoms. The molecule has 1 aliphatic rings. The van der Waals surface area contributed by atoms with E-state index in [0.717, 1.165) is 24.2 Å². The van der Waals surface area contributed by atoms with Crippen molar-refractivity contribution in [2.24, 2.45) is 5.92 Å². The van der Waals surface area contributed by atoms with Crippen LogP contribution in [0.15, 0.2) is 24.3 Å². The minimum atomic E-state index is 0.0495. The average molecular weight is 289 g/mol. The van der Waals surface area contributed by atoms with Crippen LogP contribution in [-0.2, 0) is 11.2 Å². The molecule has 0 aliphatic carbocycles. The summed E-state index contributed by atoms with van der Waals surface area (Å²) >= 11 is 0. The van der Waals surface area contributed by atoms with E-state index < -0.39 is 0 Å². The molecule has 116 valence electrons. The summed E-state index contributed by atoms with van der Waals surface area (Å²) in [5.41, 5.74) is 2.19. The quantitative estimate of drug-likeness (QED) is 0.892. The highest BCUT2D eigenvalue weighted by atomic mass is 16.1. The zero-order valence-corrected chi connectivity index (χ0v) is 13.5. The standard InChI is InChI=1S/C17H27N3O/c1-12-11-20(4)13(2)9-16(12)19-15-7-5-14(6-8-15)10-17(21)18-3/h5-8,12-13,16,19H,9-11H2,1-4H3,(H,18,21). The third kappa shape index (κ3) is 4.21. The van der Waals surface area contributed by atoms with Gasteiger partial charge in [0.25, 0.3) is 0 Å². The lowest BCUT2D eigenvalue weighted by Gasteiger charge is -2.40. The van der Waals surface area contributed by atoms with E-state index in [-0.39, 0.29) is 5.91 Å². The summed E-state index contributed by atoms with van der Waals surface area (Å²) in [5, 5.41) is 6.30. The highest BCUT2D eigenvalue weighted by Gasteiger charge is 2.28. The summed E-state index contributed by atoms with van der Waals surface area (Å²) in [6.07, 6.45) is 1.61. The number of anilines is 1. The molecule has 1 aromatic carbocycles. The molecule has 1 fully saturated rings. The monoisotopic (exact) mass is 289 g/mol. The molecule has 3 unspecified atom stereocenters. The number of nitrogens with one attached hydrogen (secondary N) is 2. The third-order valence-corrected chi connectivity index (χ3v) is 4.56. The van der Waals surface area contributed by atoms with Crippen LogP contribution in [0.1, 0.15) is 25.8 Å². The van der Waals surface area contributed by atoms with E-state index >= 15 is 0 Å². The van der Waals surface area contributed by atoms with Crippen LogP contribution in [0.4, 0.5) is 5.69 Å². The Morgan fingerprint density at radius 2 is 1.95 bits per heavy atom. The van der Waals surface area contributed by atoms with Crippen molar-refractivity contribution in [3.8, 4) is 0 Å². The fraction of sp³-hybridized carbons (Fsp3) is 0.588. The predicted octanol–water partition coefficient (Wildman–Crippen LogP) is 2.12. The van der Waals surface area contributed by atoms with Crippen molar-refractivity contribution < 1.29 is 4.79 Å². The zero-order valence-electron chi connectivity index (χ0n) is 13.5. The number of piperidine rings is 1. The maximum atomic E-state index is 11.4. The lowest BCUT2D eigenvalue weighted by molar-refractivity contribution is -0.119. The van der Waals surface area contributed by atoms with Crippen LogP contribution >= 0.6 is 0 Å². The van der Waals surface area contributed by atoms with E-state index in [2.05, 4.69) is 48.6 Å². The summed E-state index contributed by atoms with van der Waals surface area (Å²) in [6, 6.07) is 9.34. The van der Waals surface area contributed by atoms with Gasteiger partial charge in [0.15, 0.2) is 0 Å². The molecule has 0 bridgehead atoms. The minimum absolute atomic E-state index is 0.0495. The lowest BCUT2D eigenvalue weighted by Crippen LogP contribution is -2.48. The Kier molecular flexibility index (Phi) is 5.23. The Morgan fingerprint density at radius 1 is 1.29 bits per heavy atom. The Bertz CT molecular complexity index is 471. The molecule has 1 saturated heterocycles. The Labute approximate surface area is 127 Å². The van der Waals surface area contributed by atoms with E-state index in [9.17, 15) is 4.79 Å². The summed E-state index contributed by atoms with van der Waals surface area (Å²) in [5.74, 6) is 0.685. The molecule has 1 aromatic rings. The maximum absolute atomic E-state index is 11.4. The molecule has 4 heteroatoms. The second-order valence-electron chi connectivity index (χ2n) is 6.30. The first-order valence-corrected chi connectivity index (χ1v) is 7.76. The van der Waals surface area contributed by atoms with Crippen LogP contribution in [0.2, 0.25) is 0 Å². The van der Waals surface area contributed by atoms with Crippen molar-refractivity contribution in [2.75, 3.05) is 26.0 Å². The van der Waals surface area contributed by atoms with Gasteiger partial charge in [0, 0.05) is 31.4 Å². The highest BCUT2D eigenvalue weighted by molar-refractivity contribution is 5.78. The number of hydrogen-bond acceptors (Lipinski definition) is 3. The smallest absolute Gasteiger partial charge is 0.224 e. The van der Waals surface area contributed by atoms with Gasteiger partial charge in [-0.25, -0.2) is 0 Å². The number of benzene rings is 1. The molecule has 0 aromatic heterocycles. The number of carbonyl (C=O) groups is 1. The van der Waals surface area contributed by atoms with Crippen LogP contribution in [0.3, 0.4) is 0 Å². The number of likely N-dealkylation sites (tertiary alicyclic amines) is 1. The maximum Gasteiger partial charge on any atom is 0.224 e. The predicted molar refractivity (Wildman–Crippen MR) is 87.5 cm³/mol. The minimum Gasteiger partial charge on any atom is -0.382 e. The number of amides is 1. The number of carbonyl (C=O) groups excluding carboxylic acids is 1. The average Bonchev–Trinajstić information content (AvgIpc) is 2.46. The number of nitrogens with zero attached hydrogens (tertiary/aromatic N) is 1. The van der Waals surface area contributed by atoms with Crippen molar-refractivity contribution >= 4 is 11.6 Å². The van der Waals surface area contributed by atoms with Gasteiger partial charge in [-0.05, 0) is 44.0 Å². The molecule has 3 atom stereocenters. The van der Waals surface area contributed by atoms with Crippen LogP contribution in [0.25, 0.3) is 0 Å². The SMILES string of the molecule is CNC(=O)Cc1ccc(NC2CC(C)N(C)CC2C)cc1. The first kappa shape index (κ1) is 15.8. The molecule has 2 N–H and O–H groups in total. The fourth-order valence-electron chi connectivity index (χ4n) is 2.95. The van der Waals surface area contributed by atoms with Gasteiger partial charge in [0.05, 0.1) is 6.42 Å². The number of hydrogen-bond donors (Lipinski definition) is 2. The molecule has 1 amide bonds. The topological polar surface area (TPSA) is 44.4 Å². The van der Waals surface area contributed by atoms with Crippen molar-refractivity contribution in [3.63, 3.8) is 0 Å². The van der Waals surface area contributed by atoms with E-state index in [1.54, 1.807) is 7.05 Å². The first-order valence-electron chi connectivity index (χ1n) is 7.76. The Balaban J connectivity index is 1.95. The summed E-state index contributed by atoms with van der Waals surface area (Å²) in [6.45, 7) is 5.72. The van der Waals surface area contributed by atoms with Gasteiger partial charge >= 0.3 is 0 Å². The summed E-state index contributed by atoms with van der Waals surface area (Å²) < 4.78 is 0. The van der Waals surface area contributed by atoms with Crippen molar-refractivity contribution in [3.05, 3.63) is 29.8 Å². The zero-order chi connectivity index (χ0) is 15.4. The van der Waals surface area contributed by atoms with Crippen LogP contribution in [0, 0.1) is 5.92 Å². The van der Waals surface area contributed by atoms with Crippen molar-refractivity contribution in [2.45, 2.75) is 38.8 Å². The normalized spacial score (nSPS) is 26.4. The van der Waals surface area contributed by atoms with Crippen LogP contribution in [-0.4, -0.2) is 43.5 Å². The van der Waals surface area contributed by atoms with E-state index in [1.807, 2.05) is 12.1 Å². The van der Waals surface area contributed by atoms with Gasteiger partial charge in [0.1, 0.15) is 0 Å². The second-order valence-corrected chi connectivity index (χ2v) is 6.30. The number of likely N-dealkylation sites (N-methyl/N-ethyl adjacent to an activating group) is 1. The van der Waals surface area contributed by atoms with Gasteiger partial charge < -0.3 is 15.5 Å². The molecule has 0 saturated carbocycles. The Hall–Kier alpha value is -1.55.